The van der Waals surface area contributed by atoms with E-state index >= 15 is 0 Å². The van der Waals surface area contributed by atoms with E-state index in [9.17, 15) is 9.59 Å². The van der Waals surface area contributed by atoms with Gasteiger partial charge in [0.25, 0.3) is 0 Å². The molecule has 0 spiro atoms. The Morgan fingerprint density at radius 3 is 1.44 bits per heavy atom. The number of esters is 2. The van der Waals surface area contributed by atoms with Crippen molar-refractivity contribution in [2.75, 3.05) is 0 Å². The van der Waals surface area contributed by atoms with E-state index in [0.29, 0.717) is 0 Å². The molecule has 0 aromatic heterocycles. The first-order valence-corrected chi connectivity index (χ1v) is 6.82. The van der Waals surface area contributed by atoms with Crippen LogP contribution in [0.5, 0.6) is 0 Å². The van der Waals surface area contributed by atoms with Crippen molar-refractivity contribution in [3.8, 4) is 0 Å². The van der Waals surface area contributed by atoms with Crippen LogP contribution in [0, 0.1) is 11.8 Å². The Bertz CT molecular complexity index is 266. The smallest absolute Gasteiger partial charge is 0.310 e. The average Bonchev–Trinajstić information content (AvgIpc) is 2.27. The van der Waals surface area contributed by atoms with E-state index in [0.717, 1.165) is 25.7 Å². The zero-order valence-corrected chi connectivity index (χ0v) is 11.8. The zero-order valence-electron chi connectivity index (χ0n) is 11.8. The molecule has 1 fully saturated rings. The topological polar surface area (TPSA) is 52.6 Å². The maximum absolute atomic E-state index is 12.0. The minimum atomic E-state index is -0.326. The van der Waals surface area contributed by atoms with Gasteiger partial charge in [-0.05, 0) is 40.5 Å². The molecule has 4 nitrogen and oxygen atoms in total. The molecule has 0 aromatic rings. The molecule has 0 radical (unpaired) electrons. The fourth-order valence-corrected chi connectivity index (χ4v) is 2.33. The Hall–Kier alpha value is -1.06. The zero-order chi connectivity index (χ0) is 13.7. The number of carbonyl (C=O) groups excluding carboxylic acids is 2. The summed E-state index contributed by atoms with van der Waals surface area (Å²) in [6, 6.07) is 0. The van der Waals surface area contributed by atoms with Crippen LogP contribution in [0.2, 0.25) is 0 Å². The molecule has 18 heavy (non-hydrogen) atoms. The van der Waals surface area contributed by atoms with Gasteiger partial charge >= 0.3 is 11.9 Å². The quantitative estimate of drug-likeness (QED) is 0.726. The van der Waals surface area contributed by atoms with E-state index in [-0.39, 0.29) is 36.0 Å². The monoisotopic (exact) mass is 256 g/mol. The minimum absolute atomic E-state index is 0.138. The van der Waals surface area contributed by atoms with Crippen LogP contribution in [0.15, 0.2) is 0 Å². The first kappa shape index (κ1) is 15.0. The van der Waals surface area contributed by atoms with Gasteiger partial charge in [0, 0.05) is 0 Å². The summed E-state index contributed by atoms with van der Waals surface area (Å²) < 4.78 is 10.5. The van der Waals surface area contributed by atoms with E-state index in [1.807, 2.05) is 27.7 Å². The van der Waals surface area contributed by atoms with E-state index in [1.54, 1.807) is 0 Å². The number of hydrogen-bond acceptors (Lipinski definition) is 4. The third-order valence-corrected chi connectivity index (χ3v) is 3.08. The predicted octanol–water partition coefficient (Wildman–Crippen LogP) is 2.70. The molecule has 1 saturated carbocycles. The molecule has 2 atom stereocenters. The van der Waals surface area contributed by atoms with Crippen LogP contribution >= 0.6 is 0 Å². The first-order valence-electron chi connectivity index (χ1n) is 6.82. The highest BCUT2D eigenvalue weighted by Crippen LogP contribution is 2.32. The van der Waals surface area contributed by atoms with Gasteiger partial charge in [-0.15, -0.1) is 0 Å². The van der Waals surface area contributed by atoms with Crippen molar-refractivity contribution in [3.05, 3.63) is 0 Å². The molecule has 0 aromatic carbocycles. The molecule has 0 saturated heterocycles. The predicted molar refractivity (Wildman–Crippen MR) is 67.9 cm³/mol. The van der Waals surface area contributed by atoms with Crippen molar-refractivity contribution in [1.29, 1.82) is 0 Å². The molecule has 0 unspecified atom stereocenters. The minimum Gasteiger partial charge on any atom is -0.463 e. The third kappa shape index (κ3) is 4.31. The molecule has 1 aliphatic carbocycles. The van der Waals surface area contributed by atoms with Crippen molar-refractivity contribution in [2.24, 2.45) is 11.8 Å². The molecule has 4 heteroatoms. The second kappa shape index (κ2) is 6.76. The normalized spacial score (nSPS) is 24.1. The number of carbonyl (C=O) groups is 2. The van der Waals surface area contributed by atoms with Gasteiger partial charge in [0.1, 0.15) is 0 Å². The van der Waals surface area contributed by atoms with Crippen molar-refractivity contribution in [1.82, 2.24) is 0 Å². The fourth-order valence-electron chi connectivity index (χ4n) is 2.33. The van der Waals surface area contributed by atoms with Crippen LogP contribution in [0.4, 0.5) is 0 Å². The summed E-state index contributed by atoms with van der Waals surface area (Å²) in [5, 5.41) is 0. The lowest BCUT2D eigenvalue weighted by molar-refractivity contribution is -0.167. The Morgan fingerprint density at radius 2 is 1.17 bits per heavy atom. The lowest BCUT2D eigenvalue weighted by Gasteiger charge is -2.29. The molecule has 0 N–H and O–H groups in total. The maximum atomic E-state index is 12.0. The third-order valence-electron chi connectivity index (χ3n) is 3.08. The molecular formula is C14H24O4. The molecule has 0 bridgehead atoms. The first-order chi connectivity index (χ1) is 8.41. The Labute approximate surface area is 109 Å². The van der Waals surface area contributed by atoms with Gasteiger partial charge in [-0.3, -0.25) is 9.59 Å². The van der Waals surface area contributed by atoms with Gasteiger partial charge in [-0.25, -0.2) is 0 Å². The number of ether oxygens (including phenoxy) is 2. The molecule has 0 aliphatic heterocycles. The van der Waals surface area contributed by atoms with Gasteiger partial charge in [0.15, 0.2) is 0 Å². The average molecular weight is 256 g/mol. The molecule has 0 amide bonds. The maximum Gasteiger partial charge on any atom is 0.310 e. The van der Waals surface area contributed by atoms with Gasteiger partial charge in [0.2, 0.25) is 0 Å². The second-order valence-electron chi connectivity index (χ2n) is 5.47. The number of hydrogen-bond donors (Lipinski definition) is 0. The van der Waals surface area contributed by atoms with Crippen LogP contribution in [-0.2, 0) is 19.1 Å². The van der Waals surface area contributed by atoms with Gasteiger partial charge < -0.3 is 9.47 Å². The molecular weight excluding hydrogens is 232 g/mol. The summed E-state index contributed by atoms with van der Waals surface area (Å²) in [6.45, 7) is 7.29. The summed E-state index contributed by atoms with van der Waals surface area (Å²) in [5.41, 5.74) is 0. The van der Waals surface area contributed by atoms with Crippen LogP contribution in [-0.4, -0.2) is 24.1 Å². The van der Waals surface area contributed by atoms with E-state index in [4.69, 9.17) is 9.47 Å². The summed E-state index contributed by atoms with van der Waals surface area (Å²) in [7, 11) is 0. The van der Waals surface area contributed by atoms with Gasteiger partial charge in [-0.2, -0.15) is 0 Å². The summed E-state index contributed by atoms with van der Waals surface area (Å²) >= 11 is 0. The van der Waals surface area contributed by atoms with Crippen molar-refractivity contribution < 1.29 is 19.1 Å². The Kier molecular flexibility index (Phi) is 5.63. The lowest BCUT2D eigenvalue weighted by atomic mass is 9.79. The van der Waals surface area contributed by atoms with E-state index in [1.165, 1.54) is 0 Å². The van der Waals surface area contributed by atoms with Gasteiger partial charge in [0.05, 0.1) is 24.0 Å². The van der Waals surface area contributed by atoms with Crippen molar-refractivity contribution in [2.45, 2.75) is 65.6 Å². The van der Waals surface area contributed by atoms with Crippen LogP contribution in [0.25, 0.3) is 0 Å². The van der Waals surface area contributed by atoms with E-state index < -0.39 is 0 Å². The summed E-state index contributed by atoms with van der Waals surface area (Å²) in [4.78, 5) is 24.0. The molecule has 104 valence electrons. The summed E-state index contributed by atoms with van der Waals surface area (Å²) in [6.07, 6.45) is 3.13. The van der Waals surface area contributed by atoms with Crippen molar-refractivity contribution >= 4 is 11.9 Å². The van der Waals surface area contributed by atoms with E-state index in [2.05, 4.69) is 0 Å². The second-order valence-corrected chi connectivity index (χ2v) is 5.47. The molecule has 1 rings (SSSR count). The summed E-state index contributed by atoms with van der Waals surface area (Å²) in [5.74, 6) is -1.16. The Morgan fingerprint density at radius 1 is 0.833 bits per heavy atom. The largest absolute Gasteiger partial charge is 0.463 e. The fraction of sp³-hybridized carbons (Fsp3) is 0.857. The Balaban J connectivity index is 2.67. The van der Waals surface area contributed by atoms with Crippen LogP contribution in [0.1, 0.15) is 53.4 Å². The SMILES string of the molecule is CC(C)OC(=O)[C@H]1CCCC[C@H]1C(=O)OC(C)C. The van der Waals surface area contributed by atoms with Crippen molar-refractivity contribution in [3.63, 3.8) is 0 Å². The standard InChI is InChI=1S/C14H24O4/c1-9(2)17-13(15)11-7-5-6-8-12(11)14(16)18-10(3)4/h9-12H,5-8H2,1-4H3/t11-,12+. The van der Waals surface area contributed by atoms with Crippen LogP contribution in [0.3, 0.4) is 0 Å². The lowest BCUT2D eigenvalue weighted by Crippen LogP contribution is -2.36. The highest BCUT2D eigenvalue weighted by molar-refractivity contribution is 5.82. The highest BCUT2D eigenvalue weighted by atomic mass is 16.6. The highest BCUT2D eigenvalue weighted by Gasteiger charge is 2.38. The number of rotatable bonds is 4. The molecule has 0 heterocycles. The molecule has 1 aliphatic rings. The van der Waals surface area contributed by atoms with Gasteiger partial charge in [-0.1, -0.05) is 12.8 Å². The van der Waals surface area contributed by atoms with Crippen LogP contribution < -0.4 is 0 Å².